The molecule has 2 fully saturated rings. The molecular weight excluding hydrogens is 334 g/mol. The molecule has 0 radical (unpaired) electrons. The van der Waals surface area contributed by atoms with Crippen LogP contribution < -0.4 is 0 Å². The van der Waals surface area contributed by atoms with Crippen molar-refractivity contribution in [3.8, 4) is 0 Å². The number of guanidine groups is 1. The number of fused-ring (bicyclic) bond motifs is 2. The van der Waals surface area contributed by atoms with Crippen LogP contribution in [0.4, 0.5) is 0 Å². The van der Waals surface area contributed by atoms with Crippen LogP contribution in [0.25, 0.3) is 0 Å². The van der Waals surface area contributed by atoms with Gasteiger partial charge in [0.2, 0.25) is 5.96 Å². The minimum absolute atomic E-state index is 0.536. The third-order valence-electron chi connectivity index (χ3n) is 5.80. The van der Waals surface area contributed by atoms with Crippen molar-refractivity contribution >= 4 is 12.7 Å². The Hall–Kier alpha value is -1.20. The second-order valence-electron chi connectivity index (χ2n) is 9.16. The van der Waals surface area contributed by atoms with Crippen molar-refractivity contribution in [2.75, 3.05) is 33.2 Å². The minimum atomic E-state index is 0.536. The van der Waals surface area contributed by atoms with Crippen LogP contribution in [-0.4, -0.2) is 78.7 Å². The highest BCUT2D eigenvalue weighted by atomic mass is 15.4. The van der Waals surface area contributed by atoms with Crippen molar-refractivity contribution in [1.82, 2.24) is 14.7 Å². The Morgan fingerprint density at radius 1 is 1.19 bits per heavy atom. The van der Waals surface area contributed by atoms with Crippen LogP contribution in [0.5, 0.6) is 0 Å². The molecule has 0 saturated carbocycles. The molecule has 2 atom stereocenters. The van der Waals surface area contributed by atoms with Gasteiger partial charge in [-0.25, -0.2) is 9.98 Å². The lowest BCUT2D eigenvalue weighted by Crippen LogP contribution is -2.56. The van der Waals surface area contributed by atoms with Crippen LogP contribution in [0, 0.1) is 5.92 Å². The van der Waals surface area contributed by atoms with Crippen LogP contribution in [0.15, 0.2) is 21.8 Å². The van der Waals surface area contributed by atoms with E-state index in [9.17, 15) is 0 Å². The average molecular weight is 376 g/mol. The maximum atomic E-state index is 4.74. The van der Waals surface area contributed by atoms with Crippen LogP contribution in [-0.2, 0) is 0 Å². The second-order valence-corrected chi connectivity index (χ2v) is 9.16. The lowest BCUT2D eigenvalue weighted by Gasteiger charge is -2.43. The van der Waals surface area contributed by atoms with Crippen molar-refractivity contribution in [3.63, 3.8) is 0 Å². The van der Waals surface area contributed by atoms with Crippen molar-refractivity contribution in [3.05, 3.63) is 11.8 Å². The van der Waals surface area contributed by atoms with Gasteiger partial charge in [0.15, 0.2) is 0 Å². The molecule has 0 spiro atoms. The Kier molecular flexibility index (Phi) is 8.49. The molecule has 2 aliphatic rings. The molecule has 0 aromatic rings. The summed E-state index contributed by atoms with van der Waals surface area (Å²) < 4.78 is 0. The van der Waals surface area contributed by atoms with E-state index in [4.69, 9.17) is 4.99 Å². The fraction of sp³-hybridized carbons (Fsp3) is 0.818. The Balaban J connectivity index is 1.90. The quantitative estimate of drug-likeness (QED) is 0.477. The lowest BCUT2D eigenvalue weighted by molar-refractivity contribution is 0.0948. The van der Waals surface area contributed by atoms with E-state index in [2.05, 4.69) is 68.1 Å². The molecule has 2 rings (SSSR count). The van der Waals surface area contributed by atoms with Gasteiger partial charge in [0.25, 0.3) is 0 Å². The third kappa shape index (κ3) is 6.42. The maximum Gasteiger partial charge on any atom is 0.225 e. The Bertz CT molecular complexity index is 523. The molecule has 2 saturated heterocycles. The number of allylic oxidation sites excluding steroid dienone is 1. The molecule has 5 heteroatoms. The van der Waals surface area contributed by atoms with Crippen LogP contribution in [0.2, 0.25) is 0 Å². The zero-order chi connectivity index (χ0) is 20.0. The summed E-state index contributed by atoms with van der Waals surface area (Å²) in [7, 11) is 2.21. The van der Waals surface area contributed by atoms with Gasteiger partial charge in [-0.3, -0.25) is 4.90 Å². The Morgan fingerprint density at radius 3 is 2.33 bits per heavy atom. The number of nitrogens with zero attached hydrogens (tertiary/aromatic N) is 5. The Morgan fingerprint density at radius 2 is 1.81 bits per heavy atom. The summed E-state index contributed by atoms with van der Waals surface area (Å²) in [6.45, 7) is 19.7. The van der Waals surface area contributed by atoms with E-state index in [0.717, 1.165) is 44.5 Å². The lowest BCUT2D eigenvalue weighted by atomic mass is 10.1. The van der Waals surface area contributed by atoms with Crippen LogP contribution in [0.3, 0.4) is 0 Å². The summed E-state index contributed by atoms with van der Waals surface area (Å²) in [6.07, 6.45) is 6.77. The SMILES string of the molecule is C=N/C(=N\C=C(/C)CCCN(C)CC(C)C)N1C2CCC1CN(C(C)C)C2. The predicted molar refractivity (Wildman–Crippen MR) is 118 cm³/mol. The first kappa shape index (κ1) is 22.1. The van der Waals surface area contributed by atoms with Gasteiger partial charge < -0.3 is 9.80 Å². The normalized spacial score (nSPS) is 24.6. The number of hydrogen-bond acceptors (Lipinski definition) is 3. The van der Waals surface area contributed by atoms with Crippen LogP contribution >= 0.6 is 0 Å². The van der Waals surface area contributed by atoms with Gasteiger partial charge in [0, 0.05) is 44.0 Å². The van der Waals surface area contributed by atoms with Gasteiger partial charge >= 0.3 is 0 Å². The van der Waals surface area contributed by atoms with Crippen molar-refractivity contribution < 1.29 is 0 Å². The van der Waals surface area contributed by atoms with Crippen molar-refractivity contribution in [2.45, 2.75) is 78.4 Å². The summed E-state index contributed by atoms with van der Waals surface area (Å²) in [6, 6.07) is 1.69. The van der Waals surface area contributed by atoms with Gasteiger partial charge in [0.1, 0.15) is 0 Å². The van der Waals surface area contributed by atoms with E-state index in [1.54, 1.807) is 0 Å². The second kappa shape index (κ2) is 10.4. The molecule has 2 heterocycles. The first-order valence-corrected chi connectivity index (χ1v) is 10.7. The largest absolute Gasteiger partial charge is 0.332 e. The van der Waals surface area contributed by atoms with E-state index in [-0.39, 0.29) is 0 Å². The fourth-order valence-corrected chi connectivity index (χ4v) is 4.45. The molecule has 0 aromatic heterocycles. The summed E-state index contributed by atoms with van der Waals surface area (Å²) in [5.41, 5.74) is 1.32. The standard InChI is InChI=1S/C22H41N5/c1-17(2)14-25(7)12-8-9-19(5)13-24-22(23-6)27-20-10-11-21(27)16-26(15-20)18(3)4/h13,17-18,20-21H,6,8-12,14-16H2,1-5,7H3/b19-13+,24-22+. The van der Waals surface area contributed by atoms with E-state index in [1.807, 2.05) is 6.20 Å². The molecule has 0 N–H and O–H groups in total. The van der Waals surface area contributed by atoms with E-state index < -0.39 is 0 Å². The van der Waals surface area contributed by atoms with Gasteiger partial charge in [-0.1, -0.05) is 19.4 Å². The number of piperazine rings is 1. The van der Waals surface area contributed by atoms with E-state index in [0.29, 0.717) is 18.1 Å². The number of likely N-dealkylation sites (tertiary alicyclic amines) is 1. The highest BCUT2D eigenvalue weighted by Crippen LogP contribution is 2.31. The highest BCUT2D eigenvalue weighted by molar-refractivity contribution is 5.85. The average Bonchev–Trinajstić information content (AvgIpc) is 2.84. The molecule has 0 aliphatic carbocycles. The summed E-state index contributed by atoms with van der Waals surface area (Å²) in [5, 5.41) is 0. The molecule has 5 nitrogen and oxygen atoms in total. The van der Waals surface area contributed by atoms with Gasteiger partial charge in [0.05, 0.1) is 0 Å². The van der Waals surface area contributed by atoms with Crippen molar-refractivity contribution in [2.24, 2.45) is 15.9 Å². The molecule has 2 aliphatic heterocycles. The zero-order valence-electron chi connectivity index (χ0n) is 18.5. The molecule has 2 unspecified atom stereocenters. The first-order valence-electron chi connectivity index (χ1n) is 10.7. The molecular formula is C22H41N5. The van der Waals surface area contributed by atoms with E-state index in [1.165, 1.54) is 24.8 Å². The molecule has 2 bridgehead atoms. The van der Waals surface area contributed by atoms with Crippen molar-refractivity contribution in [1.29, 1.82) is 0 Å². The number of aliphatic imine (C=N–C) groups is 2. The molecule has 0 aromatic carbocycles. The molecule has 27 heavy (non-hydrogen) atoms. The molecule has 154 valence electrons. The predicted octanol–water partition coefficient (Wildman–Crippen LogP) is 3.87. The smallest absolute Gasteiger partial charge is 0.225 e. The number of hydrogen-bond donors (Lipinski definition) is 0. The minimum Gasteiger partial charge on any atom is -0.332 e. The third-order valence-corrected chi connectivity index (χ3v) is 5.80. The fourth-order valence-electron chi connectivity index (χ4n) is 4.45. The topological polar surface area (TPSA) is 34.4 Å². The summed E-state index contributed by atoms with van der Waals surface area (Å²) in [5.74, 6) is 1.55. The Labute approximate surface area is 167 Å². The summed E-state index contributed by atoms with van der Waals surface area (Å²) in [4.78, 5) is 16.5. The zero-order valence-corrected chi connectivity index (χ0v) is 18.5. The van der Waals surface area contributed by atoms with Gasteiger partial charge in [-0.2, -0.15) is 0 Å². The first-order chi connectivity index (χ1) is 12.8. The highest BCUT2D eigenvalue weighted by Gasteiger charge is 2.41. The van der Waals surface area contributed by atoms with E-state index >= 15 is 0 Å². The summed E-state index contributed by atoms with van der Waals surface area (Å²) >= 11 is 0. The van der Waals surface area contributed by atoms with Crippen LogP contribution in [0.1, 0.15) is 60.3 Å². The number of rotatable bonds is 8. The molecule has 0 amide bonds. The van der Waals surface area contributed by atoms with Gasteiger partial charge in [-0.15, -0.1) is 0 Å². The monoisotopic (exact) mass is 375 g/mol. The van der Waals surface area contributed by atoms with Gasteiger partial charge in [-0.05, 0) is 72.7 Å². The maximum absolute atomic E-state index is 4.74.